The molecule has 0 spiro atoms. The van der Waals surface area contributed by atoms with Gasteiger partial charge < -0.3 is 4.74 Å². The van der Waals surface area contributed by atoms with Crippen molar-refractivity contribution in [3.8, 4) is 17.1 Å². The molecule has 4 aromatic rings. The first-order chi connectivity index (χ1) is 16.8. The quantitative estimate of drug-likeness (QED) is 0.283. The highest BCUT2D eigenvalue weighted by molar-refractivity contribution is 7.04. The van der Waals surface area contributed by atoms with Crippen molar-refractivity contribution in [3.63, 3.8) is 0 Å². The van der Waals surface area contributed by atoms with E-state index in [0.29, 0.717) is 10.6 Å². The van der Waals surface area contributed by atoms with Crippen molar-refractivity contribution in [1.82, 2.24) is 14.3 Å². The Hall–Kier alpha value is -2.84. The molecule has 1 heterocycles. The summed E-state index contributed by atoms with van der Waals surface area (Å²) in [7, 11) is 0. The summed E-state index contributed by atoms with van der Waals surface area (Å²) in [5.41, 5.74) is 3.77. The number of alkyl halides is 3. The van der Waals surface area contributed by atoms with E-state index >= 15 is 0 Å². The highest BCUT2D eigenvalue weighted by Crippen LogP contribution is 2.31. The molecule has 180 valence electrons. The molecule has 0 saturated carbocycles. The second-order valence-corrected chi connectivity index (χ2v) is 10.9. The van der Waals surface area contributed by atoms with Gasteiger partial charge >= 0.3 is 6.09 Å². The maximum absolute atomic E-state index is 12.4. The third-order valence-electron chi connectivity index (χ3n) is 4.88. The highest BCUT2D eigenvalue weighted by Gasteiger charge is 2.34. The largest absolute Gasteiger partial charge is 0.445 e. The van der Waals surface area contributed by atoms with E-state index < -0.39 is 16.1 Å². The number of carbonyl (C=O) groups excluding carboxylic acids is 1. The Bertz CT molecular complexity index is 1340. The van der Waals surface area contributed by atoms with Crippen LogP contribution in [0, 0.1) is 6.92 Å². The lowest BCUT2D eigenvalue weighted by Gasteiger charge is -2.20. The third-order valence-corrected chi connectivity index (χ3v) is 6.43. The lowest BCUT2D eigenvalue weighted by atomic mass is 10.1. The van der Waals surface area contributed by atoms with Crippen LogP contribution in [0.4, 0.5) is 4.79 Å². The van der Waals surface area contributed by atoms with Gasteiger partial charge in [0, 0.05) is 5.56 Å². The van der Waals surface area contributed by atoms with E-state index in [2.05, 4.69) is 15.3 Å². The molecule has 35 heavy (non-hydrogen) atoms. The van der Waals surface area contributed by atoms with Crippen LogP contribution in [-0.2, 0) is 11.3 Å². The maximum atomic E-state index is 12.4. The third kappa shape index (κ3) is 6.86. The van der Waals surface area contributed by atoms with Crippen molar-refractivity contribution in [2.75, 3.05) is 0 Å². The number of amides is 1. The molecule has 1 N–H and O–H groups in total. The summed E-state index contributed by atoms with van der Waals surface area (Å²) < 4.78 is 5.27. The number of rotatable bonds is 6. The standard InChI is InChI=1S/C25H21Cl3N4O2S/c1-17-12-14-19(15-13-17)21-29-23(35-32(21)20-10-6-3-7-11-20)30-22(25(26,27)28)31-24(33)34-16-18-8-4-2-5-9-18/h2-15,22H,16H2,1H3,(H,31,33)/t22-/m0/s1. The normalized spacial score (nSPS) is 12.9. The maximum Gasteiger partial charge on any atom is 0.409 e. The number of alkyl carbamates (subject to hydrolysis) is 1. The van der Waals surface area contributed by atoms with Crippen LogP contribution in [0.5, 0.6) is 0 Å². The number of carbonyl (C=O) groups is 1. The van der Waals surface area contributed by atoms with Crippen molar-refractivity contribution in [3.05, 3.63) is 101 Å². The molecular weight excluding hydrogens is 527 g/mol. The summed E-state index contributed by atoms with van der Waals surface area (Å²) in [6.07, 6.45) is -1.99. The van der Waals surface area contributed by atoms with Gasteiger partial charge in [0.05, 0.1) is 5.69 Å². The van der Waals surface area contributed by atoms with Crippen LogP contribution in [0.2, 0.25) is 0 Å². The molecule has 10 heteroatoms. The van der Waals surface area contributed by atoms with Crippen molar-refractivity contribution in [2.24, 2.45) is 4.99 Å². The Morgan fingerprint density at radius 1 is 1.03 bits per heavy atom. The minimum atomic E-state index is -1.93. The molecule has 4 rings (SSSR count). The number of benzene rings is 3. The first-order valence-electron chi connectivity index (χ1n) is 10.6. The smallest absolute Gasteiger partial charge is 0.409 e. The zero-order chi connectivity index (χ0) is 24.8. The summed E-state index contributed by atoms with van der Waals surface area (Å²) in [6.45, 7) is 2.09. The van der Waals surface area contributed by atoms with Crippen LogP contribution < -0.4 is 10.1 Å². The van der Waals surface area contributed by atoms with E-state index in [1.54, 1.807) is 0 Å². The average Bonchev–Trinajstić information content (AvgIpc) is 3.27. The van der Waals surface area contributed by atoms with Gasteiger partial charge in [-0.2, -0.15) is 4.98 Å². The Kier molecular flexibility index (Phi) is 8.13. The summed E-state index contributed by atoms with van der Waals surface area (Å²) in [6, 6.07) is 27.0. The van der Waals surface area contributed by atoms with Crippen molar-refractivity contribution in [2.45, 2.75) is 23.5 Å². The van der Waals surface area contributed by atoms with Gasteiger partial charge in [0.2, 0.25) is 8.59 Å². The van der Waals surface area contributed by atoms with Gasteiger partial charge in [-0.1, -0.05) is 113 Å². The molecule has 3 aromatic carbocycles. The number of aromatic nitrogens is 2. The Labute approximate surface area is 221 Å². The number of aryl methyl sites for hydroxylation is 1. The summed E-state index contributed by atoms with van der Waals surface area (Å²) in [4.78, 5) is 21.9. The van der Waals surface area contributed by atoms with Gasteiger partial charge in [0.25, 0.3) is 0 Å². The second kappa shape index (κ2) is 11.3. The molecule has 0 saturated heterocycles. The molecule has 6 nitrogen and oxygen atoms in total. The number of nitrogens with one attached hydrogen (secondary N) is 1. The number of ether oxygens (including phenoxy) is 1. The van der Waals surface area contributed by atoms with E-state index in [1.165, 1.54) is 11.5 Å². The minimum absolute atomic E-state index is 0.0715. The molecule has 1 atom stereocenters. The fourth-order valence-corrected chi connectivity index (χ4v) is 4.34. The number of nitrogens with zero attached hydrogens (tertiary/aromatic N) is 3. The topological polar surface area (TPSA) is 68.5 Å². The van der Waals surface area contributed by atoms with Gasteiger partial charge in [-0.05, 0) is 36.2 Å². The number of hydrogen-bond acceptors (Lipinski definition) is 5. The average molecular weight is 548 g/mol. The molecule has 0 radical (unpaired) electrons. The molecular formula is C25H21Cl3N4O2S. The van der Waals surface area contributed by atoms with Crippen LogP contribution in [0.1, 0.15) is 11.1 Å². The zero-order valence-electron chi connectivity index (χ0n) is 18.6. The Balaban J connectivity index is 1.65. The van der Waals surface area contributed by atoms with E-state index in [4.69, 9.17) is 39.5 Å². The Morgan fingerprint density at radius 3 is 2.29 bits per heavy atom. The first-order valence-corrected chi connectivity index (χ1v) is 12.5. The minimum Gasteiger partial charge on any atom is -0.445 e. The van der Waals surface area contributed by atoms with Crippen LogP contribution in [0.25, 0.3) is 17.1 Å². The lowest BCUT2D eigenvalue weighted by molar-refractivity contribution is 0.136. The molecule has 1 aromatic heterocycles. The number of para-hydroxylation sites is 1. The zero-order valence-corrected chi connectivity index (χ0v) is 21.7. The van der Waals surface area contributed by atoms with E-state index in [-0.39, 0.29) is 6.61 Å². The molecule has 0 bridgehead atoms. The van der Waals surface area contributed by atoms with Crippen LogP contribution >= 0.6 is 46.3 Å². The SMILES string of the molecule is Cc1ccc(-c2nc(=N[C@@H](NC(=O)OCc3ccccc3)C(Cl)(Cl)Cl)sn2-c2ccccc2)cc1. The van der Waals surface area contributed by atoms with Gasteiger partial charge in [-0.25, -0.2) is 13.7 Å². The van der Waals surface area contributed by atoms with E-state index in [0.717, 1.165) is 22.4 Å². The van der Waals surface area contributed by atoms with Gasteiger partial charge in [-0.15, -0.1) is 0 Å². The fourth-order valence-electron chi connectivity index (χ4n) is 3.13. The lowest BCUT2D eigenvalue weighted by Crippen LogP contribution is -2.43. The molecule has 0 fully saturated rings. The monoisotopic (exact) mass is 546 g/mol. The van der Waals surface area contributed by atoms with Gasteiger partial charge in [0.1, 0.15) is 6.61 Å². The number of hydrogen-bond donors (Lipinski definition) is 1. The van der Waals surface area contributed by atoms with Gasteiger partial charge in [-0.3, -0.25) is 5.32 Å². The van der Waals surface area contributed by atoms with Crippen LogP contribution in [0.15, 0.2) is 89.9 Å². The van der Waals surface area contributed by atoms with Crippen LogP contribution in [0.3, 0.4) is 0 Å². The van der Waals surface area contributed by atoms with Crippen molar-refractivity contribution < 1.29 is 9.53 Å². The molecule has 0 unspecified atom stereocenters. The second-order valence-electron chi connectivity index (χ2n) is 7.58. The van der Waals surface area contributed by atoms with E-state index in [1.807, 2.05) is 95.8 Å². The first kappa shape index (κ1) is 25.3. The highest BCUT2D eigenvalue weighted by atomic mass is 35.6. The van der Waals surface area contributed by atoms with Crippen molar-refractivity contribution in [1.29, 1.82) is 0 Å². The number of halogens is 3. The molecule has 0 aliphatic carbocycles. The predicted molar refractivity (Wildman–Crippen MR) is 141 cm³/mol. The summed E-state index contributed by atoms with van der Waals surface area (Å²) in [5.74, 6) is 0.676. The molecule has 0 aliphatic heterocycles. The predicted octanol–water partition coefficient (Wildman–Crippen LogP) is 6.43. The van der Waals surface area contributed by atoms with E-state index in [9.17, 15) is 4.79 Å². The molecule has 0 aliphatic rings. The summed E-state index contributed by atoms with van der Waals surface area (Å²) in [5, 5.41) is 2.53. The fraction of sp³-hybridized carbons (Fsp3) is 0.160. The van der Waals surface area contributed by atoms with Crippen LogP contribution in [-0.4, -0.2) is 25.0 Å². The molecule has 1 amide bonds. The Morgan fingerprint density at radius 2 is 1.66 bits per heavy atom. The summed E-state index contributed by atoms with van der Waals surface area (Å²) >= 11 is 19.7. The van der Waals surface area contributed by atoms with Gasteiger partial charge in [0.15, 0.2) is 12.0 Å². The van der Waals surface area contributed by atoms with Crippen molar-refractivity contribution >= 4 is 52.4 Å².